The lowest BCUT2D eigenvalue weighted by Gasteiger charge is -2.15. The summed E-state index contributed by atoms with van der Waals surface area (Å²) in [7, 11) is -2.54. The number of halogens is 3. The van der Waals surface area contributed by atoms with Gasteiger partial charge in [0.25, 0.3) is 0 Å². The van der Waals surface area contributed by atoms with E-state index in [1.54, 1.807) is 6.26 Å². The second-order valence-corrected chi connectivity index (χ2v) is 8.95. The van der Waals surface area contributed by atoms with Crippen LogP contribution in [-0.4, -0.2) is 53.2 Å². The molecular formula is C23H29F3N3O5PS. The molecule has 0 aliphatic carbocycles. The molecule has 0 aromatic heterocycles. The molecule has 0 amide bonds. The van der Waals surface area contributed by atoms with Gasteiger partial charge in [0.05, 0.1) is 31.4 Å². The maximum absolute atomic E-state index is 13.7. The Morgan fingerprint density at radius 2 is 1.86 bits per heavy atom. The molecule has 2 aromatic carbocycles. The summed E-state index contributed by atoms with van der Waals surface area (Å²) in [6.45, 7) is 0.885. The van der Waals surface area contributed by atoms with Crippen LogP contribution in [0.3, 0.4) is 0 Å². The van der Waals surface area contributed by atoms with Gasteiger partial charge in [0.15, 0.2) is 0 Å². The van der Waals surface area contributed by atoms with Crippen LogP contribution in [-0.2, 0) is 22.0 Å². The SMILES string of the molecule is CS/C(=N\N=C\C(N)COP(O)O)c1ccc(OCCCCOCc2ccccc2)c(C(F)(F)F)c1. The van der Waals surface area contributed by atoms with Crippen LogP contribution < -0.4 is 10.5 Å². The van der Waals surface area contributed by atoms with E-state index < -0.39 is 26.4 Å². The standard InChI is InChI=1S/C23H29F3N3O5PS/c1-36-22(29-28-14-19(27)16-34-35(30)31)18-9-10-21(20(13-18)23(24,25)26)33-12-6-5-11-32-15-17-7-3-2-4-8-17/h2-4,7-10,13-14,19,30-31H,5-6,11-12,15-16,27H2,1H3/b28-14+,29-22-. The molecular weight excluding hydrogens is 518 g/mol. The van der Waals surface area contributed by atoms with Gasteiger partial charge in [-0.3, -0.25) is 0 Å². The number of ether oxygens (including phenoxy) is 2. The summed E-state index contributed by atoms with van der Waals surface area (Å²) in [6.07, 6.45) is -0.582. The molecule has 0 aliphatic rings. The zero-order valence-electron chi connectivity index (χ0n) is 19.6. The fourth-order valence-electron chi connectivity index (χ4n) is 2.85. The topological polar surface area (TPSA) is 119 Å². The lowest BCUT2D eigenvalue weighted by atomic mass is 10.1. The van der Waals surface area contributed by atoms with Crippen molar-refractivity contribution in [1.29, 1.82) is 0 Å². The number of benzene rings is 2. The predicted molar refractivity (Wildman–Crippen MR) is 136 cm³/mol. The number of hydrogen-bond acceptors (Lipinski definition) is 9. The van der Waals surface area contributed by atoms with Crippen LogP contribution in [0.5, 0.6) is 5.75 Å². The summed E-state index contributed by atoms with van der Waals surface area (Å²) in [5, 5.41) is 7.94. The molecule has 0 saturated carbocycles. The molecule has 0 bridgehead atoms. The third-order valence-corrected chi connectivity index (χ3v) is 5.65. The first-order chi connectivity index (χ1) is 17.2. The van der Waals surface area contributed by atoms with Crippen molar-refractivity contribution in [2.75, 3.05) is 26.1 Å². The van der Waals surface area contributed by atoms with Crippen molar-refractivity contribution in [3.63, 3.8) is 0 Å². The maximum Gasteiger partial charge on any atom is 0.419 e. The number of rotatable bonds is 14. The molecule has 0 radical (unpaired) electrons. The Labute approximate surface area is 213 Å². The summed E-state index contributed by atoms with van der Waals surface area (Å²) >= 11 is 1.11. The van der Waals surface area contributed by atoms with Gasteiger partial charge >= 0.3 is 14.8 Å². The second-order valence-electron chi connectivity index (χ2n) is 7.39. The smallest absolute Gasteiger partial charge is 0.419 e. The van der Waals surface area contributed by atoms with Crippen LogP contribution in [0.2, 0.25) is 0 Å². The van der Waals surface area contributed by atoms with Crippen molar-refractivity contribution in [1.82, 2.24) is 0 Å². The average Bonchev–Trinajstić information content (AvgIpc) is 2.85. The molecule has 0 spiro atoms. The van der Waals surface area contributed by atoms with E-state index in [0.29, 0.717) is 26.1 Å². The molecule has 0 aliphatic heterocycles. The molecule has 36 heavy (non-hydrogen) atoms. The van der Waals surface area contributed by atoms with Crippen molar-refractivity contribution < 1.29 is 37.0 Å². The van der Waals surface area contributed by atoms with E-state index >= 15 is 0 Å². The minimum Gasteiger partial charge on any atom is -0.493 e. The molecule has 2 aromatic rings. The number of nitrogens with zero attached hydrogens (tertiary/aromatic N) is 2. The largest absolute Gasteiger partial charge is 0.493 e. The highest BCUT2D eigenvalue weighted by Gasteiger charge is 2.35. The summed E-state index contributed by atoms with van der Waals surface area (Å²) in [6, 6.07) is 12.6. The van der Waals surface area contributed by atoms with Crippen molar-refractivity contribution in [2.45, 2.75) is 31.7 Å². The summed E-state index contributed by atoms with van der Waals surface area (Å²) in [5.41, 5.74) is 6.03. The zero-order chi connectivity index (χ0) is 26.4. The van der Waals surface area contributed by atoms with E-state index in [2.05, 4.69) is 14.7 Å². The van der Waals surface area contributed by atoms with E-state index in [4.69, 9.17) is 25.0 Å². The number of unbranched alkanes of at least 4 members (excludes halogenated alkanes) is 1. The minimum atomic E-state index is -4.62. The molecule has 8 nitrogen and oxygen atoms in total. The minimum absolute atomic E-state index is 0.120. The molecule has 1 unspecified atom stereocenters. The molecule has 1 atom stereocenters. The highest BCUT2D eigenvalue weighted by Crippen LogP contribution is 2.37. The summed E-state index contributed by atoms with van der Waals surface area (Å²) in [5.74, 6) is -0.260. The van der Waals surface area contributed by atoms with E-state index in [1.165, 1.54) is 18.3 Å². The van der Waals surface area contributed by atoms with Gasteiger partial charge in [-0.2, -0.15) is 18.3 Å². The van der Waals surface area contributed by atoms with Crippen LogP contribution in [0, 0.1) is 0 Å². The zero-order valence-corrected chi connectivity index (χ0v) is 21.3. The fraction of sp³-hybridized carbons (Fsp3) is 0.391. The lowest BCUT2D eigenvalue weighted by molar-refractivity contribution is -0.139. The third-order valence-electron chi connectivity index (χ3n) is 4.57. The predicted octanol–water partition coefficient (Wildman–Crippen LogP) is 4.73. The van der Waals surface area contributed by atoms with Gasteiger partial charge in [0, 0.05) is 18.4 Å². The van der Waals surface area contributed by atoms with Crippen molar-refractivity contribution in [3.8, 4) is 5.75 Å². The van der Waals surface area contributed by atoms with Gasteiger partial charge in [-0.15, -0.1) is 16.9 Å². The van der Waals surface area contributed by atoms with E-state index in [9.17, 15) is 13.2 Å². The Bertz CT molecular complexity index is 981. The number of hydrogen-bond donors (Lipinski definition) is 3. The van der Waals surface area contributed by atoms with Crippen molar-refractivity contribution >= 4 is 31.6 Å². The Morgan fingerprint density at radius 1 is 1.14 bits per heavy atom. The quantitative estimate of drug-likeness (QED) is 0.103. The molecule has 0 heterocycles. The van der Waals surface area contributed by atoms with Gasteiger partial charge in [-0.1, -0.05) is 30.3 Å². The molecule has 4 N–H and O–H groups in total. The summed E-state index contributed by atoms with van der Waals surface area (Å²) < 4.78 is 56.7. The maximum atomic E-state index is 13.7. The van der Waals surface area contributed by atoms with Crippen molar-refractivity contribution in [3.05, 3.63) is 65.2 Å². The first-order valence-electron chi connectivity index (χ1n) is 10.9. The van der Waals surface area contributed by atoms with Gasteiger partial charge < -0.3 is 29.5 Å². The Kier molecular flexibility index (Phi) is 13.4. The second kappa shape index (κ2) is 15.9. The molecule has 2 rings (SSSR count). The Morgan fingerprint density at radius 3 is 2.53 bits per heavy atom. The van der Waals surface area contributed by atoms with E-state index in [1.807, 2.05) is 30.3 Å². The Balaban J connectivity index is 1.93. The van der Waals surface area contributed by atoms with Crippen LogP contribution in [0.25, 0.3) is 0 Å². The third kappa shape index (κ3) is 11.3. The highest BCUT2D eigenvalue weighted by atomic mass is 32.2. The fourth-order valence-corrected chi connectivity index (χ4v) is 3.64. The Hall–Kier alpha value is -2.05. The number of alkyl halides is 3. The first-order valence-corrected chi connectivity index (χ1v) is 13.3. The number of thioether (sulfide) groups is 1. The lowest BCUT2D eigenvalue weighted by Crippen LogP contribution is -2.26. The molecule has 0 saturated heterocycles. The molecule has 13 heteroatoms. The van der Waals surface area contributed by atoms with Crippen LogP contribution in [0.1, 0.15) is 29.5 Å². The van der Waals surface area contributed by atoms with Gasteiger partial charge in [0.2, 0.25) is 0 Å². The monoisotopic (exact) mass is 547 g/mol. The molecule has 198 valence electrons. The van der Waals surface area contributed by atoms with Crippen LogP contribution in [0.15, 0.2) is 58.7 Å². The van der Waals surface area contributed by atoms with E-state index in [0.717, 1.165) is 23.4 Å². The van der Waals surface area contributed by atoms with Gasteiger partial charge in [-0.05, 0) is 42.9 Å². The normalized spacial score (nSPS) is 13.5. The average molecular weight is 548 g/mol. The van der Waals surface area contributed by atoms with Crippen LogP contribution >= 0.6 is 20.4 Å². The molecule has 0 fully saturated rings. The van der Waals surface area contributed by atoms with Gasteiger partial charge in [0.1, 0.15) is 10.8 Å². The number of nitrogens with two attached hydrogens (primary N) is 1. The van der Waals surface area contributed by atoms with Gasteiger partial charge in [-0.25, -0.2) is 0 Å². The highest BCUT2D eigenvalue weighted by molar-refractivity contribution is 8.13. The van der Waals surface area contributed by atoms with Crippen molar-refractivity contribution in [2.24, 2.45) is 15.9 Å². The van der Waals surface area contributed by atoms with E-state index in [-0.39, 0.29) is 29.6 Å². The summed E-state index contributed by atoms with van der Waals surface area (Å²) in [4.78, 5) is 17.4. The first kappa shape index (κ1) is 30.2. The van der Waals surface area contributed by atoms with Crippen LogP contribution in [0.4, 0.5) is 13.2 Å².